The summed E-state index contributed by atoms with van der Waals surface area (Å²) in [5.74, 6) is -1.28. The molecule has 0 bridgehead atoms. The molecule has 6 nitrogen and oxygen atoms in total. The van der Waals surface area contributed by atoms with Crippen LogP contribution in [0.3, 0.4) is 0 Å². The molecule has 0 aliphatic heterocycles. The van der Waals surface area contributed by atoms with E-state index in [-0.39, 0.29) is 11.5 Å². The van der Waals surface area contributed by atoms with Crippen molar-refractivity contribution in [2.24, 2.45) is 0 Å². The highest BCUT2D eigenvalue weighted by atomic mass is 32.1. The fourth-order valence-electron chi connectivity index (χ4n) is 2.60. The molecule has 4 rings (SSSR count). The van der Waals surface area contributed by atoms with E-state index in [9.17, 15) is 14.0 Å². The minimum atomic E-state index is -0.517. The third-order valence-electron chi connectivity index (χ3n) is 3.93. The van der Waals surface area contributed by atoms with Gasteiger partial charge in [-0.1, -0.05) is 30.3 Å². The highest BCUT2D eigenvalue weighted by Gasteiger charge is 2.16. The molecule has 0 fully saturated rings. The summed E-state index contributed by atoms with van der Waals surface area (Å²) in [5, 5.41) is 7.41. The number of rotatable bonds is 3. The van der Waals surface area contributed by atoms with E-state index in [1.807, 2.05) is 6.07 Å². The molecule has 2 aromatic carbocycles. The van der Waals surface area contributed by atoms with Crippen LogP contribution < -0.4 is 10.9 Å². The second-order valence-electron chi connectivity index (χ2n) is 5.70. The van der Waals surface area contributed by atoms with Crippen molar-refractivity contribution in [3.63, 3.8) is 0 Å². The van der Waals surface area contributed by atoms with Gasteiger partial charge in [0.1, 0.15) is 5.82 Å². The minimum Gasteiger partial charge on any atom is -0.277 e. The molecule has 0 aliphatic carbocycles. The van der Waals surface area contributed by atoms with Crippen LogP contribution in [-0.2, 0) is 0 Å². The Labute approximate surface area is 157 Å². The van der Waals surface area contributed by atoms with Crippen molar-refractivity contribution < 1.29 is 14.0 Å². The second kappa shape index (κ2) is 7.00. The maximum atomic E-state index is 13.0. The van der Waals surface area contributed by atoms with Gasteiger partial charge in [0.05, 0.1) is 10.4 Å². The maximum absolute atomic E-state index is 13.0. The van der Waals surface area contributed by atoms with E-state index in [0.29, 0.717) is 10.3 Å². The number of para-hydroxylation sites is 1. The van der Waals surface area contributed by atoms with E-state index in [0.717, 1.165) is 16.0 Å². The van der Waals surface area contributed by atoms with Gasteiger partial charge < -0.3 is 0 Å². The monoisotopic (exact) mass is 380 g/mol. The highest BCUT2D eigenvalue weighted by molar-refractivity contribution is 7.17. The lowest BCUT2D eigenvalue weighted by Gasteiger charge is -2.04. The molecule has 134 valence electrons. The Balaban J connectivity index is 1.44. The maximum Gasteiger partial charge on any atom is 0.290 e. The molecule has 3 N–H and O–H groups in total. The van der Waals surface area contributed by atoms with Crippen molar-refractivity contribution in [1.29, 1.82) is 0 Å². The first-order valence-corrected chi connectivity index (χ1v) is 8.83. The summed E-state index contributed by atoms with van der Waals surface area (Å²) in [6, 6.07) is 16.6. The van der Waals surface area contributed by atoms with E-state index in [4.69, 9.17) is 0 Å². The van der Waals surface area contributed by atoms with Crippen LogP contribution >= 0.6 is 11.3 Å². The Morgan fingerprint density at radius 2 is 1.67 bits per heavy atom. The summed E-state index contributed by atoms with van der Waals surface area (Å²) in [6.07, 6.45) is 0. The number of thiophene rings is 1. The number of nitrogens with one attached hydrogen (secondary N) is 3. The van der Waals surface area contributed by atoms with Crippen molar-refractivity contribution in [3.05, 3.63) is 77.1 Å². The normalized spacial score (nSPS) is 10.7. The molecule has 4 aromatic rings. The van der Waals surface area contributed by atoms with Gasteiger partial charge in [0.2, 0.25) is 0 Å². The molecule has 0 saturated heterocycles. The molecule has 0 aliphatic rings. The quantitative estimate of drug-likeness (QED) is 0.476. The predicted molar refractivity (Wildman–Crippen MR) is 101 cm³/mol. The summed E-state index contributed by atoms with van der Waals surface area (Å²) in [6.45, 7) is 0. The first kappa shape index (κ1) is 16.9. The highest BCUT2D eigenvalue weighted by Crippen LogP contribution is 2.28. The van der Waals surface area contributed by atoms with Crippen LogP contribution in [0.4, 0.5) is 4.39 Å². The number of aromatic nitrogens is 2. The van der Waals surface area contributed by atoms with Gasteiger partial charge in [-0.2, -0.15) is 5.10 Å². The number of nitrogens with zero attached hydrogens (tertiary/aromatic N) is 1. The van der Waals surface area contributed by atoms with Crippen LogP contribution in [0.1, 0.15) is 20.2 Å². The summed E-state index contributed by atoms with van der Waals surface area (Å²) >= 11 is 1.24. The third kappa shape index (κ3) is 3.42. The first-order valence-electron chi connectivity index (χ1n) is 8.01. The standard InChI is InChI=1S/C19H13FN4O2S/c20-12-7-5-11(6-8-12)15-9-10-16(27-15)18(25)23-24-19(26)17-13-3-1-2-4-14(13)21-22-17/h1-10H,(H,21,22)(H,23,25)(H,24,26). The number of hydrogen-bond acceptors (Lipinski definition) is 4. The zero-order chi connectivity index (χ0) is 18.8. The van der Waals surface area contributed by atoms with E-state index in [1.54, 1.807) is 42.5 Å². The summed E-state index contributed by atoms with van der Waals surface area (Å²) in [7, 11) is 0. The average molecular weight is 380 g/mol. The van der Waals surface area contributed by atoms with Crippen molar-refractivity contribution in [3.8, 4) is 10.4 Å². The van der Waals surface area contributed by atoms with Crippen LogP contribution in [0.15, 0.2) is 60.7 Å². The fourth-order valence-corrected chi connectivity index (χ4v) is 3.51. The van der Waals surface area contributed by atoms with E-state index < -0.39 is 11.8 Å². The molecule has 2 aromatic heterocycles. The zero-order valence-corrected chi connectivity index (χ0v) is 14.6. The molecule has 0 atom stereocenters. The van der Waals surface area contributed by atoms with Gasteiger partial charge in [-0.25, -0.2) is 4.39 Å². The molecule has 0 radical (unpaired) electrons. The Morgan fingerprint density at radius 1 is 0.926 bits per heavy atom. The number of amides is 2. The Hall–Kier alpha value is -3.52. The van der Waals surface area contributed by atoms with Crippen molar-refractivity contribution in [2.45, 2.75) is 0 Å². The van der Waals surface area contributed by atoms with Gasteiger partial charge >= 0.3 is 0 Å². The largest absolute Gasteiger partial charge is 0.290 e. The van der Waals surface area contributed by atoms with E-state index in [2.05, 4.69) is 21.0 Å². The Morgan fingerprint density at radius 3 is 2.48 bits per heavy atom. The third-order valence-corrected chi connectivity index (χ3v) is 5.07. The lowest BCUT2D eigenvalue weighted by molar-refractivity contribution is 0.0847. The average Bonchev–Trinajstić information content (AvgIpc) is 3.34. The summed E-state index contributed by atoms with van der Waals surface area (Å²) in [5.41, 5.74) is 6.49. The van der Waals surface area contributed by atoms with Crippen molar-refractivity contribution in [2.75, 3.05) is 0 Å². The molecule has 0 saturated carbocycles. The molecule has 27 heavy (non-hydrogen) atoms. The Kier molecular flexibility index (Phi) is 4.39. The van der Waals surface area contributed by atoms with Gasteiger partial charge in [-0.05, 0) is 35.9 Å². The predicted octanol–water partition coefficient (Wildman–Crippen LogP) is 3.51. The van der Waals surface area contributed by atoms with Crippen molar-refractivity contribution in [1.82, 2.24) is 21.0 Å². The molecule has 2 heterocycles. The van der Waals surface area contributed by atoms with Gasteiger partial charge in [0.15, 0.2) is 5.69 Å². The van der Waals surface area contributed by atoms with Gasteiger partial charge in [0, 0.05) is 10.3 Å². The number of carbonyl (C=O) groups is 2. The van der Waals surface area contributed by atoms with Gasteiger partial charge in [0.25, 0.3) is 11.8 Å². The molecular weight excluding hydrogens is 367 g/mol. The van der Waals surface area contributed by atoms with E-state index in [1.165, 1.54) is 23.5 Å². The van der Waals surface area contributed by atoms with Crippen LogP contribution in [0.5, 0.6) is 0 Å². The Bertz CT molecular complexity index is 1130. The number of benzene rings is 2. The number of fused-ring (bicyclic) bond motifs is 1. The van der Waals surface area contributed by atoms with Crippen LogP contribution in [-0.4, -0.2) is 22.0 Å². The molecule has 0 spiro atoms. The smallest absolute Gasteiger partial charge is 0.277 e. The fraction of sp³-hybridized carbons (Fsp3) is 0. The van der Waals surface area contributed by atoms with Crippen LogP contribution in [0, 0.1) is 5.82 Å². The van der Waals surface area contributed by atoms with E-state index >= 15 is 0 Å². The summed E-state index contributed by atoms with van der Waals surface area (Å²) < 4.78 is 13.0. The number of carbonyl (C=O) groups excluding carboxylic acids is 2. The number of hydrazine groups is 1. The number of H-pyrrole nitrogens is 1. The zero-order valence-electron chi connectivity index (χ0n) is 13.8. The SMILES string of the molecule is O=C(NNC(=O)c1n[nH]c2ccccc12)c1ccc(-c2ccc(F)cc2)s1. The lowest BCUT2D eigenvalue weighted by atomic mass is 10.2. The van der Waals surface area contributed by atoms with Gasteiger partial charge in [-0.3, -0.25) is 25.5 Å². The number of aromatic amines is 1. The lowest BCUT2D eigenvalue weighted by Crippen LogP contribution is -2.41. The topological polar surface area (TPSA) is 86.9 Å². The van der Waals surface area contributed by atoms with Crippen LogP contribution in [0.25, 0.3) is 21.3 Å². The minimum absolute atomic E-state index is 0.198. The number of hydrogen-bond donors (Lipinski definition) is 3. The van der Waals surface area contributed by atoms with Gasteiger partial charge in [-0.15, -0.1) is 11.3 Å². The molecule has 0 unspecified atom stereocenters. The second-order valence-corrected chi connectivity index (χ2v) is 6.78. The van der Waals surface area contributed by atoms with Crippen LogP contribution in [0.2, 0.25) is 0 Å². The molecule has 8 heteroatoms. The summed E-state index contributed by atoms with van der Waals surface area (Å²) in [4.78, 5) is 25.8. The molecule has 2 amide bonds. The molecular formula is C19H13FN4O2S. The number of halogens is 1. The first-order chi connectivity index (χ1) is 13.1. The van der Waals surface area contributed by atoms with Crippen molar-refractivity contribution >= 4 is 34.1 Å².